The lowest BCUT2D eigenvalue weighted by atomic mass is 10.0. The van der Waals surface area contributed by atoms with Crippen LogP contribution in [0.25, 0.3) is 0 Å². The number of para-hydroxylation sites is 1. The highest BCUT2D eigenvalue weighted by atomic mass is 35.5. The number of halogens is 2. The van der Waals surface area contributed by atoms with Gasteiger partial charge in [0.25, 0.3) is 0 Å². The lowest BCUT2D eigenvalue weighted by Crippen LogP contribution is -2.54. The second kappa shape index (κ2) is 13.6. The smallest absolute Gasteiger partial charge is 0.244 e. The average molecular weight is 574 g/mol. The normalized spacial score (nSPS) is 12.8. The molecule has 0 heterocycles. The van der Waals surface area contributed by atoms with Crippen LogP contribution in [0.1, 0.15) is 31.4 Å². The van der Waals surface area contributed by atoms with Crippen molar-refractivity contribution in [1.29, 1.82) is 0 Å². The van der Waals surface area contributed by atoms with Gasteiger partial charge in [-0.05, 0) is 48.7 Å². The molecule has 10 heteroatoms. The number of rotatable bonds is 12. The van der Waals surface area contributed by atoms with E-state index in [-0.39, 0.29) is 30.6 Å². The Morgan fingerprint density at radius 3 is 2.15 bits per heavy atom. The van der Waals surface area contributed by atoms with Gasteiger partial charge in [-0.1, -0.05) is 73.1 Å². The zero-order valence-corrected chi connectivity index (χ0v) is 23.8. The molecule has 0 aliphatic carbocycles. The van der Waals surface area contributed by atoms with Crippen LogP contribution in [0.15, 0.2) is 78.9 Å². The first-order chi connectivity index (χ1) is 18.5. The number of carbonyl (C=O) groups is 2. The number of benzene rings is 3. The molecule has 0 aliphatic rings. The molecule has 0 fully saturated rings. The van der Waals surface area contributed by atoms with Crippen LogP contribution < -0.4 is 9.62 Å². The van der Waals surface area contributed by atoms with Crippen LogP contribution in [0.4, 0.5) is 10.1 Å². The Kier molecular flexibility index (Phi) is 10.5. The highest BCUT2D eigenvalue weighted by Crippen LogP contribution is 2.23. The maximum atomic E-state index is 14.7. The van der Waals surface area contributed by atoms with Gasteiger partial charge < -0.3 is 10.2 Å². The van der Waals surface area contributed by atoms with Crippen LogP contribution in [0.5, 0.6) is 0 Å². The Morgan fingerprint density at radius 1 is 0.949 bits per heavy atom. The predicted molar refractivity (Wildman–Crippen MR) is 152 cm³/mol. The highest BCUT2D eigenvalue weighted by molar-refractivity contribution is 7.92. The zero-order valence-electron chi connectivity index (χ0n) is 22.2. The van der Waals surface area contributed by atoms with Crippen molar-refractivity contribution in [2.75, 3.05) is 17.1 Å². The Balaban J connectivity index is 2.06. The quantitative estimate of drug-likeness (QED) is 0.337. The number of hydrogen-bond donors (Lipinski definition) is 1. The van der Waals surface area contributed by atoms with E-state index >= 15 is 0 Å². The van der Waals surface area contributed by atoms with Crippen molar-refractivity contribution in [3.8, 4) is 0 Å². The molecular formula is C29H33ClFN3O4S. The van der Waals surface area contributed by atoms with Crippen LogP contribution in [-0.2, 0) is 32.6 Å². The largest absolute Gasteiger partial charge is 0.352 e. The number of amides is 2. The van der Waals surface area contributed by atoms with Crippen LogP contribution in [0.3, 0.4) is 0 Å². The molecular weight excluding hydrogens is 541 g/mol. The Labute approximate surface area is 234 Å². The topological polar surface area (TPSA) is 86.8 Å². The van der Waals surface area contributed by atoms with Crippen molar-refractivity contribution in [2.45, 2.75) is 45.3 Å². The number of hydrogen-bond acceptors (Lipinski definition) is 4. The van der Waals surface area contributed by atoms with Crippen molar-refractivity contribution in [3.63, 3.8) is 0 Å². The lowest BCUT2D eigenvalue weighted by molar-refractivity contribution is -0.140. The lowest BCUT2D eigenvalue weighted by Gasteiger charge is -2.34. The minimum absolute atomic E-state index is 0.0102. The number of sulfonamides is 1. The van der Waals surface area contributed by atoms with Gasteiger partial charge in [0.2, 0.25) is 21.8 Å². The second-order valence-corrected chi connectivity index (χ2v) is 11.7. The molecule has 2 amide bonds. The van der Waals surface area contributed by atoms with Gasteiger partial charge in [-0.25, -0.2) is 12.8 Å². The summed E-state index contributed by atoms with van der Waals surface area (Å²) in [5, 5.41) is 3.47. The maximum absolute atomic E-state index is 14.7. The Hall–Kier alpha value is -3.43. The first-order valence-corrected chi connectivity index (χ1v) is 14.8. The van der Waals surface area contributed by atoms with Crippen molar-refractivity contribution < 1.29 is 22.4 Å². The van der Waals surface area contributed by atoms with Gasteiger partial charge in [-0.2, -0.15) is 0 Å². The molecule has 2 atom stereocenters. The number of nitrogens with one attached hydrogen (secondary N) is 1. The van der Waals surface area contributed by atoms with Crippen LogP contribution in [0, 0.1) is 5.82 Å². The van der Waals surface area contributed by atoms with Crippen LogP contribution in [-0.4, -0.2) is 50.0 Å². The maximum Gasteiger partial charge on any atom is 0.244 e. The van der Waals surface area contributed by atoms with Crippen LogP contribution in [0.2, 0.25) is 5.02 Å². The molecule has 3 aromatic rings. The van der Waals surface area contributed by atoms with E-state index in [4.69, 9.17) is 11.6 Å². The zero-order chi connectivity index (χ0) is 28.6. The fourth-order valence-corrected chi connectivity index (χ4v) is 5.01. The fraction of sp³-hybridized carbons (Fsp3) is 0.310. The summed E-state index contributed by atoms with van der Waals surface area (Å²) in [5.74, 6) is -1.80. The molecule has 3 rings (SSSR count). The standard InChI is InChI=1S/C29H33ClFN3O4S/c1-4-21(2)32-29(36)27(18-22-10-6-5-7-11-22)33(19-23-14-16-24(30)17-15-23)28(35)20-34(39(3,37)38)26-13-9-8-12-25(26)31/h5-17,21,27H,4,18-20H2,1-3H3,(H,32,36)/t21-,27+/m1/s1. The van der Waals surface area contributed by atoms with Gasteiger partial charge in [-0.15, -0.1) is 0 Å². The van der Waals surface area contributed by atoms with E-state index in [1.54, 1.807) is 24.3 Å². The van der Waals surface area contributed by atoms with Gasteiger partial charge in [0.05, 0.1) is 11.9 Å². The molecule has 1 N–H and O–H groups in total. The van der Waals surface area contributed by atoms with Crippen molar-refractivity contribution in [1.82, 2.24) is 10.2 Å². The van der Waals surface area contributed by atoms with Gasteiger partial charge >= 0.3 is 0 Å². The SMILES string of the molecule is CC[C@@H](C)NC(=O)[C@H](Cc1ccccc1)N(Cc1ccc(Cl)cc1)C(=O)CN(c1ccccc1F)S(C)(=O)=O. The van der Waals surface area contributed by atoms with E-state index in [1.165, 1.54) is 23.1 Å². The third-order valence-electron chi connectivity index (χ3n) is 6.34. The monoisotopic (exact) mass is 573 g/mol. The predicted octanol–water partition coefficient (Wildman–Crippen LogP) is 4.80. The van der Waals surface area contributed by atoms with E-state index in [9.17, 15) is 22.4 Å². The van der Waals surface area contributed by atoms with E-state index in [0.29, 0.717) is 17.0 Å². The molecule has 0 saturated heterocycles. The first-order valence-electron chi connectivity index (χ1n) is 12.6. The average Bonchev–Trinajstić information content (AvgIpc) is 2.90. The summed E-state index contributed by atoms with van der Waals surface area (Å²) in [6.45, 7) is 3.13. The van der Waals surface area contributed by atoms with E-state index in [1.807, 2.05) is 44.2 Å². The first kappa shape index (κ1) is 30.1. The third-order valence-corrected chi connectivity index (χ3v) is 7.72. The van der Waals surface area contributed by atoms with E-state index in [2.05, 4.69) is 5.32 Å². The van der Waals surface area contributed by atoms with Gasteiger partial charge in [0, 0.05) is 24.0 Å². The molecule has 0 bridgehead atoms. The minimum atomic E-state index is -4.05. The van der Waals surface area contributed by atoms with Gasteiger partial charge in [-0.3, -0.25) is 13.9 Å². The third kappa shape index (κ3) is 8.53. The molecule has 0 aromatic heterocycles. The summed E-state index contributed by atoms with van der Waals surface area (Å²) >= 11 is 6.05. The molecule has 0 spiro atoms. The molecule has 39 heavy (non-hydrogen) atoms. The molecule has 0 saturated carbocycles. The summed E-state index contributed by atoms with van der Waals surface area (Å²) in [5.41, 5.74) is 1.27. The fourth-order valence-electron chi connectivity index (χ4n) is 4.03. The molecule has 0 radical (unpaired) electrons. The molecule has 208 valence electrons. The number of anilines is 1. The van der Waals surface area contributed by atoms with Crippen LogP contribution >= 0.6 is 11.6 Å². The molecule has 3 aromatic carbocycles. The minimum Gasteiger partial charge on any atom is -0.352 e. The molecule has 7 nitrogen and oxygen atoms in total. The van der Waals surface area contributed by atoms with Crippen molar-refractivity contribution in [3.05, 3.63) is 101 Å². The van der Waals surface area contributed by atoms with Gasteiger partial charge in [0.1, 0.15) is 18.4 Å². The van der Waals surface area contributed by atoms with Gasteiger partial charge in [0.15, 0.2) is 0 Å². The van der Waals surface area contributed by atoms with Crippen molar-refractivity contribution in [2.24, 2.45) is 0 Å². The summed E-state index contributed by atoms with van der Waals surface area (Å²) in [6, 6.07) is 20.3. The number of nitrogens with zero attached hydrogens (tertiary/aromatic N) is 2. The molecule has 0 aliphatic heterocycles. The summed E-state index contributed by atoms with van der Waals surface area (Å²) in [7, 11) is -4.05. The van der Waals surface area contributed by atoms with Crippen molar-refractivity contribution >= 4 is 39.1 Å². The van der Waals surface area contributed by atoms with E-state index < -0.39 is 34.3 Å². The second-order valence-electron chi connectivity index (χ2n) is 9.39. The Bertz CT molecular complexity index is 1370. The summed E-state index contributed by atoms with van der Waals surface area (Å²) in [6.07, 6.45) is 1.79. The summed E-state index contributed by atoms with van der Waals surface area (Å²) in [4.78, 5) is 28.9. The van der Waals surface area contributed by atoms with E-state index in [0.717, 1.165) is 22.2 Å². The molecule has 0 unspecified atom stereocenters. The summed E-state index contributed by atoms with van der Waals surface area (Å²) < 4.78 is 40.8. The Morgan fingerprint density at radius 2 is 1.56 bits per heavy atom. The highest BCUT2D eigenvalue weighted by Gasteiger charge is 2.34. The number of carbonyl (C=O) groups excluding carboxylic acids is 2.